The lowest BCUT2D eigenvalue weighted by molar-refractivity contribution is 0.404. The minimum atomic E-state index is -0.705. The molecule has 110 valence electrons. The van der Waals surface area contributed by atoms with Crippen molar-refractivity contribution in [3.05, 3.63) is 53.4 Å². The lowest BCUT2D eigenvalue weighted by Crippen LogP contribution is -2.15. The lowest BCUT2D eigenvalue weighted by atomic mass is 10.2. The van der Waals surface area contributed by atoms with Gasteiger partial charge in [0, 0.05) is 18.3 Å². The Balaban J connectivity index is 1.76. The highest BCUT2D eigenvalue weighted by molar-refractivity contribution is 5.35. The second kappa shape index (κ2) is 5.77. The van der Waals surface area contributed by atoms with Crippen LogP contribution in [0, 0.1) is 18.6 Å². The highest BCUT2D eigenvalue weighted by Crippen LogP contribution is 2.28. The van der Waals surface area contributed by atoms with Crippen LogP contribution in [0.5, 0.6) is 11.5 Å². The third-order valence-corrected chi connectivity index (χ3v) is 3.33. The Bertz CT molecular complexity index is 616. The highest BCUT2D eigenvalue weighted by Gasteiger charge is 2.21. The summed E-state index contributed by atoms with van der Waals surface area (Å²) in [6.45, 7) is 2.29. The van der Waals surface area contributed by atoms with Crippen LogP contribution < -0.4 is 10.1 Å². The van der Waals surface area contributed by atoms with E-state index in [0.717, 1.165) is 18.5 Å². The number of aryl methyl sites for hydroxylation is 1. The van der Waals surface area contributed by atoms with E-state index < -0.39 is 17.4 Å². The van der Waals surface area contributed by atoms with Gasteiger partial charge in [0.05, 0.1) is 6.20 Å². The molecule has 3 rings (SSSR count). The quantitative estimate of drug-likeness (QED) is 0.911. The first kappa shape index (κ1) is 13.9. The molecule has 3 nitrogen and oxygen atoms in total. The Morgan fingerprint density at radius 1 is 1.24 bits per heavy atom. The fraction of sp³-hybridized carbons (Fsp3) is 0.312. The van der Waals surface area contributed by atoms with Crippen LogP contribution >= 0.6 is 0 Å². The number of hydrogen-bond donors (Lipinski definition) is 1. The molecule has 0 amide bonds. The van der Waals surface area contributed by atoms with E-state index in [2.05, 4.69) is 10.3 Å². The van der Waals surface area contributed by atoms with Gasteiger partial charge in [0.15, 0.2) is 17.4 Å². The topological polar surface area (TPSA) is 34.1 Å². The van der Waals surface area contributed by atoms with Crippen LogP contribution in [-0.2, 0) is 6.54 Å². The SMILES string of the molecule is Cc1ccc(Oc2c(F)cc(CNC3CC3)cc2F)cn1. The molecule has 0 radical (unpaired) electrons. The number of nitrogens with zero attached hydrogens (tertiary/aromatic N) is 1. The van der Waals surface area contributed by atoms with Gasteiger partial charge in [-0.05, 0) is 49.6 Å². The summed E-state index contributed by atoms with van der Waals surface area (Å²) in [6.07, 6.45) is 3.70. The molecule has 0 atom stereocenters. The molecule has 1 fully saturated rings. The molecule has 5 heteroatoms. The summed E-state index contributed by atoms with van der Waals surface area (Å²) in [5.41, 5.74) is 1.39. The summed E-state index contributed by atoms with van der Waals surface area (Å²) in [7, 11) is 0. The number of benzene rings is 1. The summed E-state index contributed by atoms with van der Waals surface area (Å²) in [5, 5.41) is 3.22. The molecule has 21 heavy (non-hydrogen) atoms. The van der Waals surface area contributed by atoms with Crippen LogP contribution in [0.2, 0.25) is 0 Å². The van der Waals surface area contributed by atoms with Gasteiger partial charge in [0.1, 0.15) is 5.75 Å². The van der Waals surface area contributed by atoms with E-state index in [1.165, 1.54) is 18.3 Å². The normalized spacial score (nSPS) is 14.2. The molecule has 2 aromatic rings. The van der Waals surface area contributed by atoms with Crippen molar-refractivity contribution < 1.29 is 13.5 Å². The van der Waals surface area contributed by atoms with Crippen molar-refractivity contribution in [1.29, 1.82) is 0 Å². The predicted molar refractivity (Wildman–Crippen MR) is 75.3 cm³/mol. The van der Waals surface area contributed by atoms with E-state index in [1.54, 1.807) is 12.1 Å². The molecule has 1 aromatic carbocycles. The molecule has 0 bridgehead atoms. The van der Waals surface area contributed by atoms with Gasteiger partial charge in [-0.15, -0.1) is 0 Å². The first-order chi connectivity index (χ1) is 10.1. The Kier molecular flexibility index (Phi) is 3.84. The van der Waals surface area contributed by atoms with Crippen molar-refractivity contribution >= 4 is 0 Å². The fourth-order valence-corrected chi connectivity index (χ4v) is 1.99. The highest BCUT2D eigenvalue weighted by atomic mass is 19.1. The average molecular weight is 290 g/mol. The van der Waals surface area contributed by atoms with E-state index in [0.29, 0.717) is 23.9 Å². The van der Waals surface area contributed by atoms with Crippen molar-refractivity contribution in [3.63, 3.8) is 0 Å². The summed E-state index contributed by atoms with van der Waals surface area (Å²) >= 11 is 0. The summed E-state index contributed by atoms with van der Waals surface area (Å²) in [6, 6.07) is 6.44. The van der Waals surface area contributed by atoms with Crippen LogP contribution in [0.1, 0.15) is 24.1 Å². The maximum atomic E-state index is 14.0. The number of aromatic nitrogens is 1. The standard InChI is InChI=1S/C16H16F2N2O/c1-10-2-5-13(9-19-10)21-16-14(17)6-11(7-15(16)18)8-20-12-3-4-12/h2,5-7,9,12,20H,3-4,8H2,1H3. The molecule has 1 saturated carbocycles. The molecule has 1 N–H and O–H groups in total. The van der Waals surface area contributed by atoms with Gasteiger partial charge in [0.25, 0.3) is 0 Å². The van der Waals surface area contributed by atoms with E-state index in [-0.39, 0.29) is 0 Å². The van der Waals surface area contributed by atoms with Gasteiger partial charge in [-0.3, -0.25) is 4.98 Å². The zero-order chi connectivity index (χ0) is 14.8. The largest absolute Gasteiger partial charge is 0.450 e. The first-order valence-corrected chi connectivity index (χ1v) is 6.93. The van der Waals surface area contributed by atoms with Gasteiger partial charge in [0.2, 0.25) is 0 Å². The number of pyridine rings is 1. The van der Waals surface area contributed by atoms with Crippen LogP contribution in [0.25, 0.3) is 0 Å². The maximum absolute atomic E-state index is 14.0. The minimum absolute atomic E-state index is 0.308. The zero-order valence-corrected chi connectivity index (χ0v) is 11.7. The number of nitrogens with one attached hydrogen (secondary N) is 1. The van der Waals surface area contributed by atoms with Crippen LogP contribution in [0.15, 0.2) is 30.5 Å². The predicted octanol–water partition coefficient (Wildman–Crippen LogP) is 3.71. The number of halogens is 2. The molecule has 1 heterocycles. The van der Waals surface area contributed by atoms with E-state index >= 15 is 0 Å². The Labute approximate surface area is 122 Å². The smallest absolute Gasteiger partial charge is 0.198 e. The summed E-state index contributed by atoms with van der Waals surface area (Å²) in [4.78, 5) is 4.03. The third-order valence-electron chi connectivity index (χ3n) is 3.33. The molecule has 0 spiro atoms. The lowest BCUT2D eigenvalue weighted by Gasteiger charge is -2.10. The van der Waals surface area contributed by atoms with Crippen LogP contribution in [0.3, 0.4) is 0 Å². The van der Waals surface area contributed by atoms with Crippen molar-refractivity contribution in [2.24, 2.45) is 0 Å². The number of ether oxygens (including phenoxy) is 1. The number of rotatable bonds is 5. The van der Waals surface area contributed by atoms with Gasteiger partial charge >= 0.3 is 0 Å². The summed E-state index contributed by atoms with van der Waals surface area (Å²) < 4.78 is 33.3. The second-order valence-corrected chi connectivity index (χ2v) is 5.28. The average Bonchev–Trinajstić information content (AvgIpc) is 3.27. The molecular formula is C16H16F2N2O. The van der Waals surface area contributed by atoms with Crippen molar-refractivity contribution in [2.45, 2.75) is 32.4 Å². The zero-order valence-electron chi connectivity index (χ0n) is 11.7. The molecule has 0 saturated heterocycles. The van der Waals surface area contributed by atoms with Gasteiger partial charge in [-0.1, -0.05) is 0 Å². The Morgan fingerprint density at radius 2 is 1.95 bits per heavy atom. The molecule has 1 aliphatic rings. The second-order valence-electron chi connectivity index (χ2n) is 5.28. The molecule has 0 unspecified atom stereocenters. The molecule has 1 aliphatic carbocycles. The fourth-order valence-electron chi connectivity index (χ4n) is 1.99. The van der Waals surface area contributed by atoms with Gasteiger partial charge in [-0.25, -0.2) is 8.78 Å². The molecular weight excluding hydrogens is 274 g/mol. The number of hydrogen-bond acceptors (Lipinski definition) is 3. The van der Waals surface area contributed by atoms with Crippen molar-refractivity contribution in [3.8, 4) is 11.5 Å². The van der Waals surface area contributed by atoms with Crippen molar-refractivity contribution in [1.82, 2.24) is 10.3 Å². The van der Waals surface area contributed by atoms with Crippen LogP contribution in [-0.4, -0.2) is 11.0 Å². The van der Waals surface area contributed by atoms with E-state index in [1.807, 2.05) is 6.92 Å². The molecule has 0 aliphatic heterocycles. The molecule has 1 aromatic heterocycles. The minimum Gasteiger partial charge on any atom is -0.450 e. The van der Waals surface area contributed by atoms with Gasteiger partial charge in [-0.2, -0.15) is 0 Å². The monoisotopic (exact) mass is 290 g/mol. The van der Waals surface area contributed by atoms with Gasteiger partial charge < -0.3 is 10.1 Å². The van der Waals surface area contributed by atoms with E-state index in [9.17, 15) is 8.78 Å². The first-order valence-electron chi connectivity index (χ1n) is 6.93. The maximum Gasteiger partial charge on any atom is 0.198 e. The van der Waals surface area contributed by atoms with Crippen LogP contribution in [0.4, 0.5) is 8.78 Å². The third kappa shape index (κ3) is 3.55. The van der Waals surface area contributed by atoms with Crippen molar-refractivity contribution in [2.75, 3.05) is 0 Å². The summed E-state index contributed by atoms with van der Waals surface area (Å²) in [5.74, 6) is -1.50. The Morgan fingerprint density at radius 3 is 2.52 bits per heavy atom. The van der Waals surface area contributed by atoms with E-state index in [4.69, 9.17) is 4.74 Å². The Hall–Kier alpha value is -2.01.